The van der Waals surface area contributed by atoms with Gasteiger partial charge in [-0.3, -0.25) is 4.90 Å². The topological polar surface area (TPSA) is 19.6 Å². The average molecular weight is 272 g/mol. The van der Waals surface area contributed by atoms with Crippen LogP contribution in [0, 0.1) is 17.8 Å². The van der Waals surface area contributed by atoms with Gasteiger partial charge in [-0.2, -0.15) is 0 Å². The first-order valence-electron chi connectivity index (χ1n) is 8.02. The summed E-state index contributed by atoms with van der Waals surface area (Å²) in [6.45, 7) is 7.09. The Morgan fingerprint density at radius 2 is 1.90 bits per heavy atom. The lowest BCUT2D eigenvalue weighted by atomic mass is 9.93. The highest BCUT2D eigenvalue weighted by molar-refractivity contribution is 5.10. The molecule has 1 aliphatic heterocycles. The SMILES string of the molecule is C1=C[C@@H]2C[C@H]1C[C@@H]2CN1CCN(Cc2ccco2)CC1. The molecular formula is C17H24N2O. The molecule has 2 fully saturated rings. The maximum absolute atomic E-state index is 5.44. The van der Waals surface area contributed by atoms with Crippen LogP contribution in [0.4, 0.5) is 0 Å². The van der Waals surface area contributed by atoms with Gasteiger partial charge in [0, 0.05) is 32.7 Å². The number of hydrogen-bond donors (Lipinski definition) is 0. The van der Waals surface area contributed by atoms with Crippen LogP contribution in [0.1, 0.15) is 18.6 Å². The van der Waals surface area contributed by atoms with Crippen molar-refractivity contribution in [1.82, 2.24) is 9.80 Å². The van der Waals surface area contributed by atoms with E-state index < -0.39 is 0 Å². The van der Waals surface area contributed by atoms with Crippen molar-refractivity contribution in [3.8, 4) is 0 Å². The zero-order valence-corrected chi connectivity index (χ0v) is 12.1. The third kappa shape index (κ3) is 2.57. The molecule has 2 bridgehead atoms. The minimum atomic E-state index is 0.890. The van der Waals surface area contributed by atoms with Crippen LogP contribution < -0.4 is 0 Å². The zero-order valence-electron chi connectivity index (χ0n) is 12.1. The van der Waals surface area contributed by atoms with E-state index in [4.69, 9.17) is 4.42 Å². The molecule has 3 nitrogen and oxygen atoms in total. The fourth-order valence-corrected chi connectivity index (χ4v) is 4.19. The molecule has 1 aromatic heterocycles. The zero-order chi connectivity index (χ0) is 13.4. The highest BCUT2D eigenvalue weighted by atomic mass is 16.3. The Morgan fingerprint density at radius 1 is 1.05 bits per heavy atom. The largest absolute Gasteiger partial charge is 0.468 e. The minimum Gasteiger partial charge on any atom is -0.468 e. The van der Waals surface area contributed by atoms with Gasteiger partial charge in [-0.1, -0.05) is 12.2 Å². The summed E-state index contributed by atoms with van der Waals surface area (Å²) in [7, 11) is 0. The van der Waals surface area contributed by atoms with E-state index in [1.54, 1.807) is 6.26 Å². The van der Waals surface area contributed by atoms with Crippen molar-refractivity contribution in [3.63, 3.8) is 0 Å². The molecule has 2 aliphatic carbocycles. The molecule has 0 aromatic carbocycles. The molecule has 0 N–H and O–H groups in total. The quantitative estimate of drug-likeness (QED) is 0.786. The van der Waals surface area contributed by atoms with E-state index in [9.17, 15) is 0 Å². The van der Waals surface area contributed by atoms with Gasteiger partial charge in [-0.05, 0) is 42.7 Å². The van der Waals surface area contributed by atoms with Gasteiger partial charge in [-0.15, -0.1) is 0 Å². The summed E-state index contributed by atoms with van der Waals surface area (Å²) in [5.41, 5.74) is 0. The summed E-state index contributed by atoms with van der Waals surface area (Å²) in [5.74, 6) is 3.82. The predicted octanol–water partition coefficient (Wildman–Crippen LogP) is 2.61. The summed E-state index contributed by atoms with van der Waals surface area (Å²) in [5, 5.41) is 0. The van der Waals surface area contributed by atoms with Crippen molar-refractivity contribution in [3.05, 3.63) is 36.3 Å². The average Bonchev–Trinajstić information content (AvgIpc) is 3.18. The monoisotopic (exact) mass is 272 g/mol. The molecule has 4 rings (SSSR count). The highest BCUT2D eigenvalue weighted by Crippen LogP contribution is 2.43. The van der Waals surface area contributed by atoms with Crippen molar-refractivity contribution in [1.29, 1.82) is 0 Å². The van der Waals surface area contributed by atoms with Crippen LogP contribution in [0.2, 0.25) is 0 Å². The Labute approximate surface area is 121 Å². The predicted molar refractivity (Wildman–Crippen MR) is 79.3 cm³/mol. The van der Waals surface area contributed by atoms with Crippen LogP contribution in [0.15, 0.2) is 35.0 Å². The molecule has 3 heteroatoms. The van der Waals surface area contributed by atoms with E-state index in [-0.39, 0.29) is 0 Å². The van der Waals surface area contributed by atoms with Crippen LogP contribution in [0.5, 0.6) is 0 Å². The van der Waals surface area contributed by atoms with Gasteiger partial charge in [0.1, 0.15) is 5.76 Å². The van der Waals surface area contributed by atoms with Gasteiger partial charge in [0.05, 0.1) is 12.8 Å². The molecule has 3 atom stereocenters. The van der Waals surface area contributed by atoms with E-state index in [0.717, 1.165) is 30.1 Å². The van der Waals surface area contributed by atoms with Gasteiger partial charge in [-0.25, -0.2) is 0 Å². The smallest absolute Gasteiger partial charge is 0.117 e. The molecule has 0 radical (unpaired) electrons. The molecule has 2 heterocycles. The first-order valence-corrected chi connectivity index (χ1v) is 8.02. The third-order valence-corrected chi connectivity index (χ3v) is 5.33. The van der Waals surface area contributed by atoms with E-state index in [1.165, 1.54) is 45.6 Å². The fraction of sp³-hybridized carbons (Fsp3) is 0.647. The summed E-state index contributed by atoms with van der Waals surface area (Å²) in [4.78, 5) is 5.19. The summed E-state index contributed by atoms with van der Waals surface area (Å²) < 4.78 is 5.44. The molecule has 3 aliphatic rings. The van der Waals surface area contributed by atoms with Crippen LogP contribution in [-0.2, 0) is 6.54 Å². The maximum Gasteiger partial charge on any atom is 0.117 e. The lowest BCUT2D eigenvalue weighted by Gasteiger charge is -2.36. The van der Waals surface area contributed by atoms with Gasteiger partial charge in [0.15, 0.2) is 0 Å². The molecule has 108 valence electrons. The van der Waals surface area contributed by atoms with E-state index in [1.807, 2.05) is 6.07 Å². The molecular weight excluding hydrogens is 248 g/mol. The Morgan fingerprint density at radius 3 is 2.55 bits per heavy atom. The molecule has 0 unspecified atom stereocenters. The molecule has 20 heavy (non-hydrogen) atoms. The first-order chi connectivity index (χ1) is 9.87. The van der Waals surface area contributed by atoms with Crippen molar-refractivity contribution in [2.45, 2.75) is 19.4 Å². The van der Waals surface area contributed by atoms with Gasteiger partial charge >= 0.3 is 0 Å². The molecule has 1 saturated carbocycles. The van der Waals surface area contributed by atoms with Gasteiger partial charge in [0.2, 0.25) is 0 Å². The summed E-state index contributed by atoms with van der Waals surface area (Å²) >= 11 is 0. The van der Waals surface area contributed by atoms with Crippen molar-refractivity contribution >= 4 is 0 Å². The summed E-state index contributed by atoms with van der Waals surface area (Å²) in [6, 6.07) is 4.06. The number of rotatable bonds is 4. The Balaban J connectivity index is 1.24. The number of hydrogen-bond acceptors (Lipinski definition) is 3. The number of piperazine rings is 1. The van der Waals surface area contributed by atoms with E-state index in [2.05, 4.69) is 28.0 Å². The highest BCUT2D eigenvalue weighted by Gasteiger charge is 2.36. The van der Waals surface area contributed by atoms with Crippen LogP contribution in [0.3, 0.4) is 0 Å². The van der Waals surface area contributed by atoms with Crippen molar-refractivity contribution in [2.24, 2.45) is 17.8 Å². The Bertz CT molecular complexity index is 459. The standard InChI is InChI=1S/C17H24N2O/c1-2-17(20-9-1)13-19-7-5-18(6-8-19)12-16-11-14-3-4-15(16)10-14/h1-4,9,14-16H,5-8,10-13H2/t14-,15+,16+/m0/s1. The maximum atomic E-state index is 5.44. The number of fused-ring (bicyclic) bond motifs is 2. The van der Waals surface area contributed by atoms with Crippen molar-refractivity contribution in [2.75, 3.05) is 32.7 Å². The number of nitrogens with zero attached hydrogens (tertiary/aromatic N) is 2. The molecule has 0 spiro atoms. The first kappa shape index (κ1) is 12.7. The van der Waals surface area contributed by atoms with Crippen LogP contribution in [0.25, 0.3) is 0 Å². The molecule has 1 aromatic rings. The van der Waals surface area contributed by atoms with Gasteiger partial charge in [0.25, 0.3) is 0 Å². The van der Waals surface area contributed by atoms with Crippen molar-refractivity contribution < 1.29 is 4.42 Å². The summed E-state index contributed by atoms with van der Waals surface area (Å²) in [6.07, 6.45) is 9.57. The molecule has 0 amide bonds. The van der Waals surface area contributed by atoms with Crippen LogP contribution >= 0.6 is 0 Å². The Kier molecular flexibility index (Phi) is 3.41. The second kappa shape index (κ2) is 5.38. The van der Waals surface area contributed by atoms with E-state index in [0.29, 0.717) is 0 Å². The second-order valence-electron chi connectivity index (χ2n) is 6.70. The van der Waals surface area contributed by atoms with Gasteiger partial charge < -0.3 is 9.32 Å². The number of furan rings is 1. The van der Waals surface area contributed by atoms with E-state index >= 15 is 0 Å². The second-order valence-corrected chi connectivity index (χ2v) is 6.70. The minimum absolute atomic E-state index is 0.890. The molecule has 1 saturated heterocycles. The Hall–Kier alpha value is -1.06. The lowest BCUT2D eigenvalue weighted by Crippen LogP contribution is -2.47. The third-order valence-electron chi connectivity index (χ3n) is 5.33. The lowest BCUT2D eigenvalue weighted by molar-refractivity contribution is 0.103. The fourth-order valence-electron chi connectivity index (χ4n) is 4.19. The number of allylic oxidation sites excluding steroid dienone is 2. The van der Waals surface area contributed by atoms with Crippen LogP contribution in [-0.4, -0.2) is 42.5 Å². The normalized spacial score (nSPS) is 34.1.